The number of alkyl halides is 3. The zero-order valence-electron chi connectivity index (χ0n) is 11.5. The summed E-state index contributed by atoms with van der Waals surface area (Å²) < 4.78 is 43.8. The van der Waals surface area contributed by atoms with E-state index in [4.69, 9.17) is 10.00 Å². The maximum absolute atomic E-state index is 12.8. The Morgan fingerprint density at radius 3 is 2.67 bits per heavy atom. The lowest BCUT2D eigenvalue weighted by molar-refractivity contribution is -0.137. The third kappa shape index (κ3) is 4.19. The lowest BCUT2D eigenvalue weighted by Crippen LogP contribution is -2.32. The molecule has 114 valence electrons. The molecule has 0 amide bonds. The molecule has 1 aromatic carbocycles. The fraction of sp³-hybridized carbons (Fsp3) is 0.533. The minimum absolute atomic E-state index is 0.109. The summed E-state index contributed by atoms with van der Waals surface area (Å²) in [5.74, 6) is 0.176. The molecular formula is C15H17F3N2O. The summed E-state index contributed by atoms with van der Waals surface area (Å²) in [5, 5.41) is 11.8. The van der Waals surface area contributed by atoms with Crippen molar-refractivity contribution in [3.8, 4) is 6.07 Å². The van der Waals surface area contributed by atoms with Crippen molar-refractivity contribution in [2.75, 3.05) is 19.8 Å². The van der Waals surface area contributed by atoms with Crippen molar-refractivity contribution in [2.24, 2.45) is 5.92 Å². The highest BCUT2D eigenvalue weighted by Gasteiger charge is 2.32. The second-order valence-corrected chi connectivity index (χ2v) is 5.09. The van der Waals surface area contributed by atoms with Crippen LogP contribution in [0.25, 0.3) is 0 Å². The van der Waals surface area contributed by atoms with E-state index in [-0.39, 0.29) is 18.5 Å². The second-order valence-electron chi connectivity index (χ2n) is 5.09. The van der Waals surface area contributed by atoms with Gasteiger partial charge in [-0.1, -0.05) is 12.1 Å². The van der Waals surface area contributed by atoms with Gasteiger partial charge in [0.25, 0.3) is 0 Å². The average Bonchev–Trinajstić information content (AvgIpc) is 2.48. The minimum atomic E-state index is -4.36. The van der Waals surface area contributed by atoms with E-state index < -0.39 is 11.7 Å². The maximum atomic E-state index is 12.8. The molecule has 1 saturated heterocycles. The summed E-state index contributed by atoms with van der Waals surface area (Å²) in [6.45, 7) is 1.32. The summed E-state index contributed by atoms with van der Waals surface area (Å²) in [7, 11) is 0. The molecule has 3 nitrogen and oxygen atoms in total. The maximum Gasteiger partial charge on any atom is 0.416 e. The highest BCUT2D eigenvalue weighted by Crippen LogP contribution is 2.34. The number of hydrogen-bond donors (Lipinski definition) is 1. The molecule has 0 radical (unpaired) electrons. The second kappa shape index (κ2) is 6.92. The lowest BCUT2D eigenvalue weighted by atomic mass is 9.86. The normalized spacial score (nSPS) is 18.2. The van der Waals surface area contributed by atoms with Crippen LogP contribution in [0.4, 0.5) is 13.2 Å². The average molecular weight is 298 g/mol. The molecular weight excluding hydrogens is 281 g/mol. The van der Waals surface area contributed by atoms with Crippen LogP contribution in [0.1, 0.15) is 30.0 Å². The Morgan fingerprint density at radius 1 is 1.33 bits per heavy atom. The van der Waals surface area contributed by atoms with Gasteiger partial charge in [0.15, 0.2) is 0 Å². The molecule has 6 heteroatoms. The molecule has 1 fully saturated rings. The van der Waals surface area contributed by atoms with Crippen molar-refractivity contribution in [3.05, 3.63) is 35.4 Å². The number of nitrogens with zero attached hydrogens (tertiary/aromatic N) is 1. The van der Waals surface area contributed by atoms with Crippen LogP contribution in [0.15, 0.2) is 24.3 Å². The lowest BCUT2D eigenvalue weighted by Gasteiger charge is -2.31. The Hall–Kier alpha value is -1.58. The highest BCUT2D eigenvalue weighted by atomic mass is 19.4. The first kappa shape index (κ1) is 15.8. The van der Waals surface area contributed by atoms with E-state index in [1.54, 1.807) is 6.07 Å². The number of halogens is 3. The molecule has 1 heterocycles. The summed E-state index contributed by atoms with van der Waals surface area (Å²) in [5.41, 5.74) is -0.0807. The van der Waals surface area contributed by atoms with Gasteiger partial charge >= 0.3 is 6.18 Å². The molecule has 1 aliphatic rings. The first-order chi connectivity index (χ1) is 10.0. The van der Waals surface area contributed by atoms with E-state index in [1.165, 1.54) is 12.1 Å². The number of nitrogens with one attached hydrogen (secondary N) is 1. The molecule has 0 spiro atoms. The fourth-order valence-electron chi connectivity index (χ4n) is 2.67. The van der Waals surface area contributed by atoms with Gasteiger partial charge in [0.1, 0.15) is 0 Å². The van der Waals surface area contributed by atoms with Crippen LogP contribution in [0, 0.1) is 17.2 Å². The van der Waals surface area contributed by atoms with E-state index in [2.05, 4.69) is 5.32 Å². The number of nitriles is 1. The summed E-state index contributed by atoms with van der Waals surface area (Å²) in [6, 6.07) is 7.06. The van der Waals surface area contributed by atoms with Crippen molar-refractivity contribution < 1.29 is 17.9 Å². The van der Waals surface area contributed by atoms with Gasteiger partial charge < -0.3 is 4.74 Å². The van der Waals surface area contributed by atoms with E-state index in [0.717, 1.165) is 18.9 Å². The van der Waals surface area contributed by atoms with Crippen LogP contribution in [-0.4, -0.2) is 19.8 Å². The summed E-state index contributed by atoms with van der Waals surface area (Å²) in [4.78, 5) is 0. The molecule has 0 saturated carbocycles. The molecule has 1 aromatic rings. The smallest absolute Gasteiger partial charge is 0.381 e. The van der Waals surface area contributed by atoms with Crippen molar-refractivity contribution >= 4 is 0 Å². The Bertz CT molecular complexity index is 504. The van der Waals surface area contributed by atoms with Crippen molar-refractivity contribution in [1.29, 1.82) is 5.26 Å². The number of hydrogen-bond acceptors (Lipinski definition) is 3. The summed E-state index contributed by atoms with van der Waals surface area (Å²) >= 11 is 0. The molecule has 1 atom stereocenters. The topological polar surface area (TPSA) is 45.0 Å². The Labute approximate surface area is 121 Å². The fourth-order valence-corrected chi connectivity index (χ4v) is 2.67. The third-order valence-corrected chi connectivity index (χ3v) is 3.71. The Kier molecular flexibility index (Phi) is 5.21. The molecule has 0 aliphatic carbocycles. The number of ether oxygens (including phenoxy) is 1. The number of rotatable bonds is 4. The molecule has 2 rings (SSSR count). The summed E-state index contributed by atoms with van der Waals surface area (Å²) in [6.07, 6.45) is -2.80. The van der Waals surface area contributed by atoms with Gasteiger partial charge in [0.2, 0.25) is 0 Å². The van der Waals surface area contributed by atoms with Crippen LogP contribution >= 0.6 is 0 Å². The highest BCUT2D eigenvalue weighted by molar-refractivity contribution is 5.28. The van der Waals surface area contributed by atoms with E-state index in [1.807, 2.05) is 6.07 Å². The standard InChI is InChI=1S/C15H17F3N2O/c16-15(17,18)13-3-1-2-12(10-13)14(20-7-6-19)11-4-8-21-9-5-11/h1-3,10-11,14,20H,4-5,7-9H2. The van der Waals surface area contributed by atoms with Gasteiger partial charge in [-0.3, -0.25) is 5.32 Å². The first-order valence-corrected chi connectivity index (χ1v) is 6.87. The molecule has 0 bridgehead atoms. The van der Waals surface area contributed by atoms with Crippen LogP contribution in [0.5, 0.6) is 0 Å². The van der Waals surface area contributed by atoms with Gasteiger partial charge in [-0.2, -0.15) is 18.4 Å². The third-order valence-electron chi connectivity index (χ3n) is 3.71. The largest absolute Gasteiger partial charge is 0.416 e. The molecule has 21 heavy (non-hydrogen) atoms. The van der Waals surface area contributed by atoms with E-state index in [9.17, 15) is 13.2 Å². The van der Waals surface area contributed by atoms with Crippen LogP contribution < -0.4 is 5.32 Å². The molecule has 1 unspecified atom stereocenters. The zero-order valence-corrected chi connectivity index (χ0v) is 11.5. The number of benzene rings is 1. The van der Waals surface area contributed by atoms with E-state index in [0.29, 0.717) is 18.8 Å². The van der Waals surface area contributed by atoms with Gasteiger partial charge in [-0.25, -0.2) is 0 Å². The van der Waals surface area contributed by atoms with Crippen molar-refractivity contribution in [3.63, 3.8) is 0 Å². The molecule has 0 aromatic heterocycles. The predicted octanol–water partition coefficient (Wildman–Crippen LogP) is 3.29. The SMILES string of the molecule is N#CCNC(c1cccc(C(F)(F)F)c1)C1CCOCC1. The van der Waals surface area contributed by atoms with Gasteiger partial charge in [0, 0.05) is 19.3 Å². The minimum Gasteiger partial charge on any atom is -0.381 e. The van der Waals surface area contributed by atoms with Gasteiger partial charge in [-0.15, -0.1) is 0 Å². The van der Waals surface area contributed by atoms with Crippen molar-refractivity contribution in [1.82, 2.24) is 5.32 Å². The van der Waals surface area contributed by atoms with Gasteiger partial charge in [-0.05, 0) is 36.5 Å². The van der Waals surface area contributed by atoms with Crippen LogP contribution in [0.3, 0.4) is 0 Å². The predicted molar refractivity (Wildman–Crippen MR) is 71.3 cm³/mol. The first-order valence-electron chi connectivity index (χ1n) is 6.87. The molecule has 1 aliphatic heterocycles. The Balaban J connectivity index is 2.25. The zero-order chi connectivity index (χ0) is 15.3. The van der Waals surface area contributed by atoms with Crippen LogP contribution in [-0.2, 0) is 10.9 Å². The molecule has 1 N–H and O–H groups in total. The van der Waals surface area contributed by atoms with Crippen molar-refractivity contribution in [2.45, 2.75) is 25.1 Å². The monoisotopic (exact) mass is 298 g/mol. The van der Waals surface area contributed by atoms with Gasteiger partial charge in [0.05, 0.1) is 18.2 Å². The Morgan fingerprint density at radius 2 is 2.05 bits per heavy atom. The quantitative estimate of drug-likeness (QED) is 0.868. The van der Waals surface area contributed by atoms with Crippen LogP contribution in [0.2, 0.25) is 0 Å². The van der Waals surface area contributed by atoms with E-state index >= 15 is 0 Å².